The summed E-state index contributed by atoms with van der Waals surface area (Å²) in [4.78, 5) is 42.3. The summed E-state index contributed by atoms with van der Waals surface area (Å²) < 4.78 is 0. The van der Waals surface area contributed by atoms with Gasteiger partial charge in [-0.25, -0.2) is 0 Å². The molecule has 0 radical (unpaired) electrons. The van der Waals surface area contributed by atoms with Crippen LogP contribution in [0, 0.1) is 12.8 Å². The van der Waals surface area contributed by atoms with Crippen molar-refractivity contribution < 1.29 is 14.4 Å². The van der Waals surface area contributed by atoms with Crippen LogP contribution in [0.25, 0.3) is 10.9 Å². The zero-order valence-electron chi connectivity index (χ0n) is 15.9. The van der Waals surface area contributed by atoms with Crippen molar-refractivity contribution in [2.45, 2.75) is 13.3 Å². The number of para-hydroxylation sites is 1. The number of hydrogen-bond acceptors (Lipinski definition) is 3. The Morgan fingerprint density at radius 2 is 1.90 bits per heavy atom. The molecular formula is C22H20ClN3O3. The summed E-state index contributed by atoms with van der Waals surface area (Å²) in [6.45, 7) is 2.53. The molecule has 148 valence electrons. The van der Waals surface area contributed by atoms with Crippen molar-refractivity contribution in [3.63, 3.8) is 0 Å². The minimum atomic E-state index is -0.657. The van der Waals surface area contributed by atoms with Crippen molar-refractivity contribution in [3.8, 4) is 0 Å². The van der Waals surface area contributed by atoms with E-state index < -0.39 is 11.7 Å². The van der Waals surface area contributed by atoms with E-state index in [0.29, 0.717) is 29.2 Å². The summed E-state index contributed by atoms with van der Waals surface area (Å²) in [5, 5.41) is 4.04. The molecule has 1 aromatic heterocycles. The number of H-pyrrole nitrogens is 1. The number of fused-ring (bicyclic) bond motifs is 1. The van der Waals surface area contributed by atoms with Gasteiger partial charge in [0.1, 0.15) is 0 Å². The van der Waals surface area contributed by atoms with Crippen molar-refractivity contribution in [1.29, 1.82) is 0 Å². The molecule has 0 bridgehead atoms. The first-order valence-electron chi connectivity index (χ1n) is 9.40. The average molecular weight is 410 g/mol. The number of Topliss-reactive ketones (excluding diaryl/α,β-unsaturated/α-hetero) is 1. The summed E-state index contributed by atoms with van der Waals surface area (Å²) in [5.74, 6) is -1.29. The Labute approximate surface area is 172 Å². The summed E-state index contributed by atoms with van der Waals surface area (Å²) in [7, 11) is 0. The van der Waals surface area contributed by atoms with Gasteiger partial charge in [-0.15, -0.1) is 0 Å². The Morgan fingerprint density at radius 3 is 2.66 bits per heavy atom. The van der Waals surface area contributed by atoms with E-state index in [-0.39, 0.29) is 18.4 Å². The van der Waals surface area contributed by atoms with Gasteiger partial charge in [0.25, 0.3) is 11.7 Å². The molecule has 0 spiro atoms. The first-order chi connectivity index (χ1) is 13.9. The normalized spacial score (nSPS) is 16.4. The number of halogens is 1. The molecule has 1 saturated heterocycles. The second kappa shape index (κ2) is 7.72. The third-order valence-corrected chi connectivity index (χ3v) is 5.47. The maximum atomic E-state index is 12.7. The predicted octanol–water partition coefficient (Wildman–Crippen LogP) is 3.48. The van der Waals surface area contributed by atoms with Gasteiger partial charge in [0.05, 0.1) is 5.56 Å². The van der Waals surface area contributed by atoms with Crippen LogP contribution in [0.4, 0.5) is 5.69 Å². The first kappa shape index (κ1) is 19.2. The van der Waals surface area contributed by atoms with Gasteiger partial charge in [-0.05, 0) is 37.3 Å². The number of amides is 2. The molecular weight excluding hydrogens is 390 g/mol. The zero-order valence-corrected chi connectivity index (χ0v) is 16.6. The number of nitrogens with one attached hydrogen (secondary N) is 2. The lowest BCUT2D eigenvalue weighted by atomic mass is 10.1. The minimum absolute atomic E-state index is 0.00892. The molecule has 1 aliphatic rings. The molecule has 2 amide bonds. The largest absolute Gasteiger partial charge is 0.358 e. The molecule has 1 unspecified atom stereocenters. The Morgan fingerprint density at radius 1 is 1.17 bits per heavy atom. The monoisotopic (exact) mass is 409 g/mol. The minimum Gasteiger partial charge on any atom is -0.358 e. The van der Waals surface area contributed by atoms with Gasteiger partial charge >= 0.3 is 0 Å². The zero-order chi connectivity index (χ0) is 20.5. The third-order valence-electron chi connectivity index (χ3n) is 5.22. The Balaban J connectivity index is 1.41. The number of carbonyl (C=O) groups excluding carboxylic acids is 3. The van der Waals surface area contributed by atoms with Crippen molar-refractivity contribution in [1.82, 2.24) is 10.3 Å². The summed E-state index contributed by atoms with van der Waals surface area (Å²) in [6, 6.07) is 14.5. The lowest BCUT2D eigenvalue weighted by Crippen LogP contribution is -2.36. The fourth-order valence-corrected chi connectivity index (χ4v) is 3.91. The standard InChI is InChI=1S/C22H20ClN3O3/c1-13-20(17-4-2-3-5-18(17)25-13)21(28)22(29)24-11-14-10-19(27)26(12-14)16-8-6-15(23)7-9-16/h2-9,14,25H,10-12H2,1H3,(H,24,29). The van der Waals surface area contributed by atoms with Crippen molar-refractivity contribution in [2.75, 3.05) is 18.0 Å². The van der Waals surface area contributed by atoms with Gasteiger partial charge < -0.3 is 15.2 Å². The average Bonchev–Trinajstić information content (AvgIpc) is 3.25. The lowest BCUT2D eigenvalue weighted by molar-refractivity contribution is -0.118. The summed E-state index contributed by atoms with van der Waals surface area (Å²) in [5.41, 5.74) is 2.65. The molecule has 1 atom stereocenters. The Bertz CT molecular complexity index is 1100. The number of benzene rings is 2. The molecule has 2 N–H and O–H groups in total. The third kappa shape index (κ3) is 3.76. The Kier molecular flexibility index (Phi) is 5.11. The number of rotatable bonds is 5. The van der Waals surface area contributed by atoms with E-state index in [1.54, 1.807) is 36.1 Å². The number of anilines is 1. The molecule has 0 saturated carbocycles. The number of aromatic nitrogens is 1. The smallest absolute Gasteiger partial charge is 0.292 e. The van der Waals surface area contributed by atoms with Crippen LogP contribution in [0.5, 0.6) is 0 Å². The highest BCUT2D eigenvalue weighted by molar-refractivity contribution is 6.45. The van der Waals surface area contributed by atoms with Crippen LogP contribution < -0.4 is 10.2 Å². The van der Waals surface area contributed by atoms with E-state index >= 15 is 0 Å². The number of carbonyl (C=O) groups is 3. The maximum absolute atomic E-state index is 12.7. The van der Waals surface area contributed by atoms with Crippen LogP contribution in [-0.4, -0.2) is 35.7 Å². The lowest BCUT2D eigenvalue weighted by Gasteiger charge is -2.17. The second-order valence-corrected chi connectivity index (χ2v) is 7.70. The van der Waals surface area contributed by atoms with E-state index in [1.807, 2.05) is 24.3 Å². The molecule has 29 heavy (non-hydrogen) atoms. The topological polar surface area (TPSA) is 82.3 Å². The summed E-state index contributed by atoms with van der Waals surface area (Å²) >= 11 is 5.90. The second-order valence-electron chi connectivity index (χ2n) is 7.26. The van der Waals surface area contributed by atoms with E-state index in [0.717, 1.165) is 16.6 Å². The van der Waals surface area contributed by atoms with Crippen molar-refractivity contribution in [3.05, 3.63) is 64.8 Å². The highest BCUT2D eigenvalue weighted by Gasteiger charge is 2.31. The number of ketones is 1. The van der Waals surface area contributed by atoms with E-state index in [4.69, 9.17) is 11.6 Å². The van der Waals surface area contributed by atoms with Crippen LogP contribution >= 0.6 is 11.6 Å². The molecule has 2 aromatic carbocycles. The molecule has 2 heterocycles. The molecule has 3 aromatic rings. The van der Waals surface area contributed by atoms with Gasteiger partial charge in [-0.2, -0.15) is 0 Å². The molecule has 0 aliphatic carbocycles. The van der Waals surface area contributed by atoms with E-state index in [1.165, 1.54) is 0 Å². The predicted molar refractivity (Wildman–Crippen MR) is 112 cm³/mol. The number of aryl methyl sites for hydroxylation is 1. The van der Waals surface area contributed by atoms with Crippen molar-refractivity contribution in [2.24, 2.45) is 5.92 Å². The number of nitrogens with zero attached hydrogens (tertiary/aromatic N) is 1. The van der Waals surface area contributed by atoms with Crippen LogP contribution in [0.2, 0.25) is 5.02 Å². The van der Waals surface area contributed by atoms with Crippen LogP contribution in [0.15, 0.2) is 48.5 Å². The highest BCUT2D eigenvalue weighted by atomic mass is 35.5. The van der Waals surface area contributed by atoms with Gasteiger partial charge in [-0.1, -0.05) is 29.8 Å². The van der Waals surface area contributed by atoms with Crippen LogP contribution in [0.3, 0.4) is 0 Å². The molecule has 1 fully saturated rings. The van der Waals surface area contributed by atoms with E-state index in [9.17, 15) is 14.4 Å². The molecule has 1 aliphatic heterocycles. The maximum Gasteiger partial charge on any atom is 0.292 e. The SMILES string of the molecule is Cc1[nH]c2ccccc2c1C(=O)C(=O)NCC1CC(=O)N(c2ccc(Cl)cc2)C1. The van der Waals surface area contributed by atoms with Gasteiger partial charge in [0.2, 0.25) is 5.91 Å². The Hall–Kier alpha value is -3.12. The highest BCUT2D eigenvalue weighted by Crippen LogP contribution is 2.26. The quantitative estimate of drug-likeness (QED) is 0.500. The number of hydrogen-bond donors (Lipinski definition) is 2. The number of aromatic amines is 1. The molecule has 7 heteroatoms. The fourth-order valence-electron chi connectivity index (χ4n) is 3.79. The van der Waals surface area contributed by atoms with E-state index in [2.05, 4.69) is 10.3 Å². The molecule has 4 rings (SSSR count). The van der Waals surface area contributed by atoms with Crippen molar-refractivity contribution >= 4 is 45.8 Å². The summed E-state index contributed by atoms with van der Waals surface area (Å²) in [6.07, 6.45) is 0.323. The van der Waals surface area contributed by atoms with Crippen LogP contribution in [-0.2, 0) is 9.59 Å². The molecule has 6 nitrogen and oxygen atoms in total. The van der Waals surface area contributed by atoms with Gasteiger partial charge in [0.15, 0.2) is 0 Å². The first-order valence-corrected chi connectivity index (χ1v) is 9.77. The van der Waals surface area contributed by atoms with Gasteiger partial charge in [-0.3, -0.25) is 14.4 Å². The van der Waals surface area contributed by atoms with Crippen LogP contribution in [0.1, 0.15) is 22.5 Å². The van der Waals surface area contributed by atoms with Gasteiger partial charge in [0, 0.05) is 52.7 Å². The fraction of sp³-hybridized carbons (Fsp3) is 0.227.